The van der Waals surface area contributed by atoms with Crippen molar-refractivity contribution in [1.29, 1.82) is 0 Å². The molecule has 0 saturated carbocycles. The van der Waals surface area contributed by atoms with Gasteiger partial charge in [0.05, 0.1) is 27.9 Å². The fourth-order valence-corrected chi connectivity index (χ4v) is 2.85. The highest BCUT2D eigenvalue weighted by atomic mass is 32.1. The first-order chi connectivity index (χ1) is 9.19. The van der Waals surface area contributed by atoms with Gasteiger partial charge in [-0.15, -0.1) is 22.7 Å². The van der Waals surface area contributed by atoms with E-state index in [9.17, 15) is 4.79 Å². The van der Waals surface area contributed by atoms with Crippen LogP contribution in [-0.2, 0) is 11.2 Å². The summed E-state index contributed by atoms with van der Waals surface area (Å²) < 4.78 is 0. The lowest BCUT2D eigenvalue weighted by molar-refractivity contribution is -0.117. The van der Waals surface area contributed by atoms with Gasteiger partial charge in [-0.1, -0.05) is 6.92 Å². The highest BCUT2D eigenvalue weighted by Crippen LogP contribution is 2.16. The van der Waals surface area contributed by atoms with Crippen molar-refractivity contribution in [1.82, 2.24) is 15.3 Å². The van der Waals surface area contributed by atoms with Gasteiger partial charge in [-0.25, -0.2) is 9.97 Å². The van der Waals surface area contributed by atoms with Gasteiger partial charge in [0.1, 0.15) is 0 Å². The highest BCUT2D eigenvalue weighted by Gasteiger charge is 2.11. The summed E-state index contributed by atoms with van der Waals surface area (Å²) in [6.45, 7) is 4.01. The third-order valence-corrected chi connectivity index (χ3v) is 4.15. The van der Waals surface area contributed by atoms with Crippen LogP contribution in [-0.4, -0.2) is 15.9 Å². The minimum atomic E-state index is -0.133. The van der Waals surface area contributed by atoms with Gasteiger partial charge in [0.25, 0.3) is 0 Å². The average Bonchev–Trinajstić information content (AvgIpc) is 3.07. The lowest BCUT2D eigenvalue weighted by atomic mass is 10.2. The molecule has 1 N–H and O–H groups in total. The summed E-state index contributed by atoms with van der Waals surface area (Å²) in [6.07, 6.45) is 4.13. The number of carbonyl (C=O) groups excluding carboxylic acids is 1. The Labute approximate surface area is 120 Å². The maximum atomic E-state index is 11.8. The smallest absolute Gasteiger partial charge is 0.244 e. The minimum absolute atomic E-state index is 0.0795. The number of rotatable bonds is 5. The minimum Gasteiger partial charge on any atom is -0.344 e. The number of aryl methyl sites for hydroxylation is 1. The number of hydrogen-bond acceptors (Lipinski definition) is 5. The first kappa shape index (κ1) is 13.9. The number of amides is 1. The van der Waals surface area contributed by atoms with E-state index in [2.05, 4.69) is 22.2 Å². The number of aromatic nitrogens is 2. The summed E-state index contributed by atoms with van der Waals surface area (Å²) in [7, 11) is 0. The predicted octanol–water partition coefficient (Wildman–Crippen LogP) is 3.05. The van der Waals surface area contributed by atoms with Gasteiger partial charge in [0, 0.05) is 16.8 Å². The molecule has 1 atom stereocenters. The van der Waals surface area contributed by atoms with Crippen molar-refractivity contribution in [3.05, 3.63) is 38.7 Å². The molecule has 2 aromatic heterocycles. The SMILES string of the molecule is CCc1nc(C(C)NC(=O)/C=C/c2cscn2)cs1. The topological polar surface area (TPSA) is 54.9 Å². The first-order valence-electron chi connectivity index (χ1n) is 6.00. The molecule has 0 aromatic carbocycles. The number of carbonyl (C=O) groups is 1. The normalized spacial score (nSPS) is 12.7. The molecular formula is C13H15N3OS2. The standard InChI is InChI=1S/C13H15N3OS2/c1-3-13-16-11(7-19-13)9(2)15-12(17)5-4-10-6-18-8-14-10/h4-9H,3H2,1-2H3,(H,15,17)/b5-4+. The van der Waals surface area contributed by atoms with Gasteiger partial charge in [0.15, 0.2) is 0 Å². The van der Waals surface area contributed by atoms with Gasteiger partial charge in [-0.3, -0.25) is 4.79 Å². The molecule has 2 aromatic rings. The number of nitrogens with zero attached hydrogens (tertiary/aromatic N) is 2. The number of hydrogen-bond donors (Lipinski definition) is 1. The van der Waals surface area contributed by atoms with E-state index in [1.807, 2.05) is 17.7 Å². The summed E-state index contributed by atoms with van der Waals surface area (Å²) in [6, 6.07) is -0.0795. The first-order valence-corrected chi connectivity index (χ1v) is 7.82. The van der Waals surface area contributed by atoms with Gasteiger partial charge < -0.3 is 5.32 Å². The molecule has 0 bridgehead atoms. The van der Waals surface area contributed by atoms with Crippen LogP contribution in [0.15, 0.2) is 22.3 Å². The van der Waals surface area contributed by atoms with E-state index >= 15 is 0 Å². The van der Waals surface area contributed by atoms with Crippen LogP contribution < -0.4 is 5.32 Å². The highest BCUT2D eigenvalue weighted by molar-refractivity contribution is 7.09. The molecule has 0 aliphatic carbocycles. The zero-order valence-corrected chi connectivity index (χ0v) is 12.4. The summed E-state index contributed by atoms with van der Waals surface area (Å²) >= 11 is 3.13. The second-order valence-electron chi connectivity index (χ2n) is 4.00. The van der Waals surface area contributed by atoms with Gasteiger partial charge in [-0.2, -0.15) is 0 Å². The van der Waals surface area contributed by atoms with E-state index in [1.54, 1.807) is 22.9 Å². The third-order valence-electron chi connectivity index (χ3n) is 2.53. The van der Waals surface area contributed by atoms with Gasteiger partial charge in [-0.05, 0) is 19.4 Å². The Morgan fingerprint density at radius 1 is 1.53 bits per heavy atom. The molecule has 4 nitrogen and oxygen atoms in total. The third kappa shape index (κ3) is 3.97. The van der Waals surface area contributed by atoms with Crippen LogP contribution in [0.2, 0.25) is 0 Å². The zero-order chi connectivity index (χ0) is 13.7. The fourth-order valence-electron chi connectivity index (χ4n) is 1.49. The maximum Gasteiger partial charge on any atom is 0.244 e. The number of nitrogens with one attached hydrogen (secondary N) is 1. The molecule has 2 rings (SSSR count). The molecule has 0 aliphatic heterocycles. The van der Waals surface area contributed by atoms with Crippen LogP contribution in [0.5, 0.6) is 0 Å². The molecule has 0 radical (unpaired) electrons. The molecule has 0 fully saturated rings. The van der Waals surface area contributed by atoms with Crippen molar-refractivity contribution in [2.75, 3.05) is 0 Å². The molecule has 0 saturated heterocycles. The van der Waals surface area contributed by atoms with Crippen molar-refractivity contribution >= 4 is 34.7 Å². The van der Waals surface area contributed by atoms with E-state index in [0.717, 1.165) is 22.8 Å². The lowest BCUT2D eigenvalue weighted by Crippen LogP contribution is -2.24. The van der Waals surface area contributed by atoms with E-state index < -0.39 is 0 Å². The molecule has 6 heteroatoms. The van der Waals surface area contributed by atoms with Crippen molar-refractivity contribution in [2.45, 2.75) is 26.3 Å². The van der Waals surface area contributed by atoms with Crippen molar-refractivity contribution in [2.24, 2.45) is 0 Å². The quantitative estimate of drug-likeness (QED) is 0.862. The zero-order valence-electron chi connectivity index (χ0n) is 10.8. The Hall–Kier alpha value is -1.53. The maximum absolute atomic E-state index is 11.8. The monoisotopic (exact) mass is 293 g/mol. The van der Waals surface area contributed by atoms with Crippen LogP contribution in [0.4, 0.5) is 0 Å². The van der Waals surface area contributed by atoms with Gasteiger partial charge >= 0.3 is 0 Å². The Balaban J connectivity index is 1.91. The largest absolute Gasteiger partial charge is 0.344 e. The summed E-state index contributed by atoms with van der Waals surface area (Å²) in [5, 5.41) is 7.87. The van der Waals surface area contributed by atoms with E-state index in [1.165, 1.54) is 17.4 Å². The summed E-state index contributed by atoms with van der Waals surface area (Å²) in [4.78, 5) is 20.3. The second kappa shape index (κ2) is 6.58. The Morgan fingerprint density at radius 2 is 2.37 bits per heavy atom. The Kier molecular flexibility index (Phi) is 4.81. The van der Waals surface area contributed by atoms with Crippen LogP contribution in [0.3, 0.4) is 0 Å². The lowest BCUT2D eigenvalue weighted by Gasteiger charge is -2.09. The van der Waals surface area contributed by atoms with Crippen molar-refractivity contribution in [3.8, 4) is 0 Å². The van der Waals surface area contributed by atoms with Crippen LogP contribution in [0.25, 0.3) is 6.08 Å². The van der Waals surface area contributed by atoms with E-state index in [4.69, 9.17) is 0 Å². The Morgan fingerprint density at radius 3 is 3.00 bits per heavy atom. The summed E-state index contributed by atoms with van der Waals surface area (Å²) in [5.41, 5.74) is 3.45. The van der Waals surface area contributed by atoms with E-state index in [-0.39, 0.29) is 11.9 Å². The molecule has 0 spiro atoms. The van der Waals surface area contributed by atoms with Crippen molar-refractivity contribution < 1.29 is 4.79 Å². The predicted molar refractivity (Wildman–Crippen MR) is 79.2 cm³/mol. The second-order valence-corrected chi connectivity index (χ2v) is 5.66. The average molecular weight is 293 g/mol. The molecule has 0 aliphatic rings. The van der Waals surface area contributed by atoms with Crippen LogP contribution in [0, 0.1) is 0 Å². The van der Waals surface area contributed by atoms with Crippen molar-refractivity contribution in [3.63, 3.8) is 0 Å². The van der Waals surface area contributed by atoms with Crippen LogP contribution in [0.1, 0.15) is 36.3 Å². The van der Waals surface area contributed by atoms with E-state index in [0.29, 0.717) is 0 Å². The van der Waals surface area contributed by atoms with Gasteiger partial charge in [0.2, 0.25) is 5.91 Å². The van der Waals surface area contributed by atoms with Crippen LogP contribution >= 0.6 is 22.7 Å². The molecular weight excluding hydrogens is 278 g/mol. The molecule has 1 unspecified atom stereocenters. The molecule has 2 heterocycles. The molecule has 19 heavy (non-hydrogen) atoms. The number of thiazole rings is 2. The molecule has 100 valence electrons. The Bertz CT molecular complexity index is 560. The molecule has 1 amide bonds. The summed E-state index contributed by atoms with van der Waals surface area (Å²) in [5.74, 6) is -0.133. The fraction of sp³-hybridized carbons (Fsp3) is 0.308.